The Bertz CT molecular complexity index is 782. The Kier molecular flexibility index (Phi) is 9.23. The lowest BCUT2D eigenvalue weighted by Crippen LogP contribution is -2.30. The molecule has 1 aromatic carbocycles. The molecule has 2 aromatic rings. The van der Waals surface area contributed by atoms with E-state index in [1.54, 1.807) is 56.5 Å². The summed E-state index contributed by atoms with van der Waals surface area (Å²) in [5.41, 5.74) is 1.57. The zero-order valence-electron chi connectivity index (χ0n) is 15.3. The number of likely N-dealkylation sites (N-methyl/N-ethyl adjacent to an activating group) is 1. The van der Waals surface area contributed by atoms with Crippen molar-refractivity contribution < 1.29 is 14.3 Å². The highest BCUT2D eigenvalue weighted by Crippen LogP contribution is 2.22. The van der Waals surface area contributed by atoms with Crippen molar-refractivity contribution in [1.82, 2.24) is 20.4 Å². The van der Waals surface area contributed by atoms with Crippen LogP contribution in [0, 0.1) is 0 Å². The maximum Gasteiger partial charge on any atom is 0.252 e. The summed E-state index contributed by atoms with van der Waals surface area (Å²) in [6.45, 7) is 0.802. The Hall–Kier alpha value is -2.13. The number of carbonyl (C=O) groups is 2. The van der Waals surface area contributed by atoms with Crippen LogP contribution in [0.3, 0.4) is 0 Å². The minimum absolute atomic E-state index is 0. The van der Waals surface area contributed by atoms with Gasteiger partial charge in [0.1, 0.15) is 6.04 Å². The van der Waals surface area contributed by atoms with Gasteiger partial charge in [-0.2, -0.15) is 5.10 Å². The molecule has 0 aliphatic heterocycles. The fourth-order valence-electron chi connectivity index (χ4n) is 2.39. The molecule has 0 aliphatic rings. The molecule has 1 heterocycles. The number of carbonyl (C=O) groups excluding carboxylic acids is 2. The molecule has 0 saturated heterocycles. The molecule has 1 aromatic heterocycles. The highest BCUT2D eigenvalue weighted by Gasteiger charge is 2.20. The maximum absolute atomic E-state index is 12.5. The topological polar surface area (TPSA) is 97.3 Å². The van der Waals surface area contributed by atoms with Gasteiger partial charge in [0.15, 0.2) is 0 Å². The second-order valence-electron chi connectivity index (χ2n) is 5.60. The molecule has 27 heavy (non-hydrogen) atoms. The van der Waals surface area contributed by atoms with Gasteiger partial charge >= 0.3 is 0 Å². The molecule has 0 aliphatic carbocycles. The normalized spacial score (nSPS) is 11.4. The number of hydrogen-bond acceptors (Lipinski definition) is 5. The van der Waals surface area contributed by atoms with Gasteiger partial charge in [0.25, 0.3) is 5.91 Å². The van der Waals surface area contributed by atoms with Crippen molar-refractivity contribution in [2.24, 2.45) is 7.05 Å². The SMILES string of the molecule is CNC(C(=O)Nc1ccc(C(=O)NCCOC)c(Cl)c1)c1cnn(C)c1.Cl. The molecule has 0 radical (unpaired) electrons. The van der Waals surface area contributed by atoms with E-state index in [1.807, 2.05) is 0 Å². The van der Waals surface area contributed by atoms with Crippen molar-refractivity contribution in [2.75, 3.05) is 32.6 Å². The van der Waals surface area contributed by atoms with Crippen LogP contribution in [0.1, 0.15) is 22.0 Å². The van der Waals surface area contributed by atoms with Crippen LogP contribution in [0.2, 0.25) is 5.02 Å². The fraction of sp³-hybridized carbons (Fsp3) is 0.353. The lowest BCUT2D eigenvalue weighted by molar-refractivity contribution is -0.118. The van der Waals surface area contributed by atoms with Crippen LogP contribution in [-0.4, -0.2) is 48.9 Å². The number of methoxy groups -OCH3 is 1. The summed E-state index contributed by atoms with van der Waals surface area (Å²) in [7, 11) is 5.03. The van der Waals surface area contributed by atoms with Crippen molar-refractivity contribution in [3.8, 4) is 0 Å². The Labute approximate surface area is 169 Å². The van der Waals surface area contributed by atoms with E-state index in [2.05, 4.69) is 21.0 Å². The fourth-order valence-corrected chi connectivity index (χ4v) is 2.66. The first-order chi connectivity index (χ1) is 12.5. The summed E-state index contributed by atoms with van der Waals surface area (Å²) in [4.78, 5) is 24.6. The minimum Gasteiger partial charge on any atom is -0.383 e. The van der Waals surface area contributed by atoms with Gasteiger partial charge in [0.2, 0.25) is 5.91 Å². The van der Waals surface area contributed by atoms with Crippen molar-refractivity contribution in [1.29, 1.82) is 0 Å². The standard InChI is InChI=1S/C17H22ClN5O3.ClH/c1-19-15(11-9-21-23(2)10-11)17(25)22-12-4-5-13(14(18)8-12)16(24)20-6-7-26-3;/h4-5,8-10,15,19H,6-7H2,1-3H3,(H,20,24)(H,22,25);1H. The summed E-state index contributed by atoms with van der Waals surface area (Å²) in [6, 6.07) is 4.18. The van der Waals surface area contributed by atoms with E-state index in [1.165, 1.54) is 0 Å². The van der Waals surface area contributed by atoms with Gasteiger partial charge < -0.3 is 20.7 Å². The number of amides is 2. The zero-order valence-corrected chi connectivity index (χ0v) is 16.9. The first-order valence-corrected chi connectivity index (χ1v) is 8.37. The minimum atomic E-state index is -0.556. The van der Waals surface area contributed by atoms with Crippen LogP contribution in [0.15, 0.2) is 30.6 Å². The van der Waals surface area contributed by atoms with Crippen LogP contribution < -0.4 is 16.0 Å². The van der Waals surface area contributed by atoms with E-state index in [0.29, 0.717) is 24.4 Å². The van der Waals surface area contributed by atoms with Gasteiger partial charge in [-0.05, 0) is 25.2 Å². The van der Waals surface area contributed by atoms with E-state index in [0.717, 1.165) is 5.56 Å². The van der Waals surface area contributed by atoms with E-state index in [4.69, 9.17) is 16.3 Å². The summed E-state index contributed by atoms with van der Waals surface area (Å²) in [5.74, 6) is -0.553. The molecule has 8 nitrogen and oxygen atoms in total. The molecule has 3 N–H and O–H groups in total. The van der Waals surface area contributed by atoms with E-state index in [-0.39, 0.29) is 29.2 Å². The molecule has 0 fully saturated rings. The molecule has 0 saturated carbocycles. The molecule has 1 atom stereocenters. The number of ether oxygens (including phenoxy) is 1. The van der Waals surface area contributed by atoms with Gasteiger partial charge in [-0.3, -0.25) is 14.3 Å². The molecule has 0 spiro atoms. The highest BCUT2D eigenvalue weighted by atomic mass is 35.5. The van der Waals surface area contributed by atoms with Gasteiger partial charge in [0, 0.05) is 38.1 Å². The lowest BCUT2D eigenvalue weighted by Gasteiger charge is -2.15. The molecular weight excluding hydrogens is 393 g/mol. The lowest BCUT2D eigenvalue weighted by atomic mass is 10.1. The van der Waals surface area contributed by atoms with Crippen LogP contribution in [0.25, 0.3) is 0 Å². The van der Waals surface area contributed by atoms with E-state index >= 15 is 0 Å². The monoisotopic (exact) mass is 415 g/mol. The van der Waals surface area contributed by atoms with E-state index < -0.39 is 6.04 Å². The van der Waals surface area contributed by atoms with Gasteiger partial charge in [-0.15, -0.1) is 12.4 Å². The number of aryl methyl sites for hydroxylation is 1. The summed E-state index contributed by atoms with van der Waals surface area (Å²) >= 11 is 6.18. The quantitative estimate of drug-likeness (QED) is 0.570. The molecular formula is C17H23Cl2N5O3. The number of halogens is 2. The van der Waals surface area contributed by atoms with Crippen LogP contribution in [0.5, 0.6) is 0 Å². The number of rotatable bonds is 8. The van der Waals surface area contributed by atoms with E-state index in [9.17, 15) is 9.59 Å². The Morgan fingerprint density at radius 2 is 2.11 bits per heavy atom. The maximum atomic E-state index is 12.5. The summed E-state index contributed by atoms with van der Waals surface area (Å²) in [5, 5.41) is 12.8. The zero-order chi connectivity index (χ0) is 19.1. The number of nitrogens with one attached hydrogen (secondary N) is 3. The molecule has 148 valence electrons. The van der Waals surface area contributed by atoms with Crippen molar-refractivity contribution >= 4 is 41.5 Å². The molecule has 2 amide bonds. The first-order valence-electron chi connectivity index (χ1n) is 7.99. The third-order valence-corrected chi connectivity index (χ3v) is 3.99. The molecule has 1 unspecified atom stereocenters. The van der Waals surface area contributed by atoms with Crippen molar-refractivity contribution in [3.63, 3.8) is 0 Å². The Morgan fingerprint density at radius 3 is 2.67 bits per heavy atom. The van der Waals surface area contributed by atoms with Gasteiger partial charge in [-0.1, -0.05) is 11.6 Å². The first kappa shape index (κ1) is 22.9. The van der Waals surface area contributed by atoms with Crippen LogP contribution in [0.4, 0.5) is 5.69 Å². The molecule has 2 rings (SSSR count). The molecule has 10 heteroatoms. The van der Waals surface area contributed by atoms with Gasteiger partial charge in [0.05, 0.1) is 23.4 Å². The Balaban J connectivity index is 0.00000364. The summed E-state index contributed by atoms with van der Waals surface area (Å²) in [6.07, 6.45) is 3.39. The van der Waals surface area contributed by atoms with Gasteiger partial charge in [-0.25, -0.2) is 0 Å². The largest absolute Gasteiger partial charge is 0.383 e. The van der Waals surface area contributed by atoms with Crippen molar-refractivity contribution in [2.45, 2.75) is 6.04 Å². The molecule has 0 bridgehead atoms. The van der Waals surface area contributed by atoms with Crippen LogP contribution in [-0.2, 0) is 16.6 Å². The summed E-state index contributed by atoms with van der Waals surface area (Å²) < 4.78 is 6.51. The number of nitrogens with zero attached hydrogens (tertiary/aromatic N) is 2. The predicted octanol–water partition coefficient (Wildman–Crippen LogP) is 1.77. The predicted molar refractivity (Wildman–Crippen MR) is 107 cm³/mol. The Morgan fingerprint density at radius 1 is 1.37 bits per heavy atom. The smallest absolute Gasteiger partial charge is 0.252 e. The average molecular weight is 416 g/mol. The average Bonchev–Trinajstić information content (AvgIpc) is 3.01. The third kappa shape index (κ3) is 6.21. The van der Waals surface area contributed by atoms with Crippen LogP contribution >= 0.6 is 24.0 Å². The number of aromatic nitrogens is 2. The third-order valence-electron chi connectivity index (χ3n) is 3.68. The number of anilines is 1. The number of benzene rings is 1. The highest BCUT2D eigenvalue weighted by molar-refractivity contribution is 6.34. The second kappa shape index (κ2) is 10.9. The second-order valence-corrected chi connectivity index (χ2v) is 6.01. The van der Waals surface area contributed by atoms with Crippen molar-refractivity contribution in [3.05, 3.63) is 46.7 Å². The number of hydrogen-bond donors (Lipinski definition) is 3.